The molecular weight excluding hydrogens is 611 g/mol. The zero-order chi connectivity index (χ0) is 32.6. The molecule has 238 valence electrons. The van der Waals surface area contributed by atoms with E-state index in [0.717, 1.165) is 43.2 Å². The zero-order valence-electron chi connectivity index (χ0n) is 25.7. The minimum atomic E-state index is -0.977. The quantitative estimate of drug-likeness (QED) is 0.185. The van der Waals surface area contributed by atoms with E-state index in [-0.39, 0.29) is 11.1 Å². The normalized spacial score (nSPS) is 14.0. The molecule has 1 aliphatic heterocycles. The van der Waals surface area contributed by atoms with Gasteiger partial charge in [-0.25, -0.2) is 4.39 Å². The largest absolute Gasteiger partial charge is 0.369 e. The van der Waals surface area contributed by atoms with E-state index in [1.54, 1.807) is 57.2 Å². The molecule has 4 heterocycles. The van der Waals surface area contributed by atoms with Crippen LogP contribution < -0.4 is 20.9 Å². The number of hydrogen-bond donors (Lipinski definition) is 4. The highest BCUT2D eigenvalue weighted by molar-refractivity contribution is 7.20. The summed E-state index contributed by atoms with van der Waals surface area (Å²) < 4.78 is 19.5. The number of aryl methyl sites for hydroxylation is 1. The minimum Gasteiger partial charge on any atom is -0.369 e. The summed E-state index contributed by atoms with van der Waals surface area (Å²) in [6, 6.07) is 13.2. The number of hydrogen-bond acceptors (Lipinski definition) is 9. The topological polar surface area (TPSA) is 148 Å². The first-order chi connectivity index (χ1) is 22.0. The van der Waals surface area contributed by atoms with E-state index in [4.69, 9.17) is 4.52 Å². The Morgan fingerprint density at radius 2 is 1.72 bits per heavy atom. The molecule has 6 rings (SSSR count). The van der Waals surface area contributed by atoms with Gasteiger partial charge in [0.25, 0.3) is 17.7 Å². The number of nitrogens with zero attached hydrogens (tertiary/aromatic N) is 4. The van der Waals surface area contributed by atoms with E-state index >= 15 is 0 Å². The van der Waals surface area contributed by atoms with Gasteiger partial charge in [0, 0.05) is 37.4 Å². The van der Waals surface area contributed by atoms with E-state index in [1.165, 1.54) is 12.3 Å². The number of aromatic amines is 1. The fourth-order valence-electron chi connectivity index (χ4n) is 5.38. The second-order valence-corrected chi connectivity index (χ2v) is 12.7. The highest BCUT2D eigenvalue weighted by atomic mass is 32.1. The number of piperazine rings is 1. The minimum absolute atomic E-state index is 0.225. The van der Waals surface area contributed by atoms with Crippen molar-refractivity contribution >= 4 is 56.5 Å². The number of amides is 3. The number of likely N-dealkylation sites (N-methyl/N-ethyl adjacent to an activating group) is 1. The number of nitrogens with one attached hydrogen (secondary N) is 4. The van der Waals surface area contributed by atoms with Crippen LogP contribution in [-0.2, 0) is 5.54 Å². The van der Waals surface area contributed by atoms with Gasteiger partial charge in [-0.2, -0.15) is 5.10 Å². The first-order valence-corrected chi connectivity index (χ1v) is 15.5. The van der Waals surface area contributed by atoms with Gasteiger partial charge in [0.15, 0.2) is 0 Å². The average Bonchev–Trinajstić information content (AvgIpc) is 3.74. The van der Waals surface area contributed by atoms with Gasteiger partial charge in [0.2, 0.25) is 0 Å². The van der Waals surface area contributed by atoms with Crippen LogP contribution in [0.25, 0.3) is 10.2 Å². The van der Waals surface area contributed by atoms with Gasteiger partial charge in [-0.15, -0.1) is 11.3 Å². The number of aromatic nitrogens is 3. The van der Waals surface area contributed by atoms with Gasteiger partial charge in [-0.1, -0.05) is 23.4 Å². The molecule has 0 saturated carbocycles. The smallest absolute Gasteiger partial charge is 0.262 e. The fraction of sp³-hybridized carbons (Fsp3) is 0.281. The summed E-state index contributed by atoms with van der Waals surface area (Å²) in [6.45, 7) is 8.47. The molecule has 0 atom stereocenters. The van der Waals surface area contributed by atoms with Crippen LogP contribution in [0.4, 0.5) is 21.6 Å². The van der Waals surface area contributed by atoms with Crippen LogP contribution in [0.15, 0.2) is 59.3 Å². The van der Waals surface area contributed by atoms with Crippen LogP contribution in [0, 0.1) is 12.7 Å². The highest BCUT2D eigenvalue weighted by Crippen LogP contribution is 2.32. The molecule has 0 unspecified atom stereocenters. The van der Waals surface area contributed by atoms with Crippen LogP contribution in [0.5, 0.6) is 0 Å². The van der Waals surface area contributed by atoms with Crippen LogP contribution in [0.1, 0.15) is 55.6 Å². The lowest BCUT2D eigenvalue weighted by atomic mass is 9.93. The summed E-state index contributed by atoms with van der Waals surface area (Å²) in [5.41, 5.74) is 1.06. The highest BCUT2D eigenvalue weighted by Gasteiger charge is 2.28. The third kappa shape index (κ3) is 6.21. The Bertz CT molecular complexity index is 1940. The Hall–Kier alpha value is -5.08. The van der Waals surface area contributed by atoms with Gasteiger partial charge < -0.3 is 30.3 Å². The average molecular weight is 645 g/mol. The molecule has 1 aliphatic rings. The molecule has 0 bridgehead atoms. The van der Waals surface area contributed by atoms with Gasteiger partial charge in [-0.05, 0) is 58.2 Å². The molecule has 5 aromatic rings. The lowest BCUT2D eigenvalue weighted by Crippen LogP contribution is -2.44. The van der Waals surface area contributed by atoms with Crippen molar-refractivity contribution < 1.29 is 23.3 Å². The van der Waals surface area contributed by atoms with E-state index in [9.17, 15) is 18.8 Å². The first kappa shape index (κ1) is 30.9. The molecule has 1 saturated heterocycles. The summed E-state index contributed by atoms with van der Waals surface area (Å²) in [7, 11) is 2.07. The molecular formula is C32H33FN8O4S. The van der Waals surface area contributed by atoms with Crippen molar-refractivity contribution in [2.24, 2.45) is 0 Å². The summed E-state index contributed by atoms with van der Waals surface area (Å²) in [6.07, 6.45) is 1.33. The molecule has 2 aromatic carbocycles. The van der Waals surface area contributed by atoms with E-state index in [0.29, 0.717) is 37.9 Å². The van der Waals surface area contributed by atoms with Crippen molar-refractivity contribution in [1.29, 1.82) is 0 Å². The molecule has 14 heteroatoms. The second kappa shape index (κ2) is 12.4. The van der Waals surface area contributed by atoms with Crippen LogP contribution in [-0.4, -0.2) is 71.2 Å². The molecule has 3 amide bonds. The predicted molar refractivity (Wildman–Crippen MR) is 174 cm³/mol. The number of benzene rings is 2. The number of carbonyl (C=O) groups is 3. The number of carbonyl (C=O) groups excluding carboxylic acids is 3. The maximum absolute atomic E-state index is 14.5. The monoisotopic (exact) mass is 644 g/mol. The fourth-order valence-corrected chi connectivity index (χ4v) is 6.27. The third-order valence-electron chi connectivity index (χ3n) is 8.05. The Morgan fingerprint density at radius 3 is 2.43 bits per heavy atom. The maximum Gasteiger partial charge on any atom is 0.262 e. The molecule has 4 N–H and O–H groups in total. The lowest BCUT2D eigenvalue weighted by Gasteiger charge is -2.34. The van der Waals surface area contributed by atoms with Crippen molar-refractivity contribution in [2.75, 3.05) is 48.8 Å². The summed E-state index contributed by atoms with van der Waals surface area (Å²) in [5, 5.41) is 19.9. The molecule has 0 aliphatic carbocycles. The van der Waals surface area contributed by atoms with Crippen molar-refractivity contribution in [3.63, 3.8) is 0 Å². The lowest BCUT2D eigenvalue weighted by molar-refractivity contribution is 0.0913. The Kier molecular flexibility index (Phi) is 8.32. The van der Waals surface area contributed by atoms with E-state index in [2.05, 4.69) is 48.2 Å². The Labute approximate surface area is 267 Å². The number of rotatable bonds is 8. The number of halogens is 1. The van der Waals surface area contributed by atoms with E-state index in [1.807, 2.05) is 6.07 Å². The Morgan fingerprint density at radius 1 is 0.978 bits per heavy atom. The van der Waals surface area contributed by atoms with Crippen molar-refractivity contribution in [3.05, 3.63) is 87.9 Å². The number of H-pyrrole nitrogens is 1. The van der Waals surface area contributed by atoms with Gasteiger partial charge >= 0.3 is 0 Å². The van der Waals surface area contributed by atoms with Gasteiger partial charge in [0.05, 0.1) is 33.2 Å². The van der Waals surface area contributed by atoms with Crippen molar-refractivity contribution in [3.8, 4) is 0 Å². The maximum atomic E-state index is 14.5. The van der Waals surface area contributed by atoms with Crippen molar-refractivity contribution in [1.82, 2.24) is 25.6 Å². The molecule has 1 fully saturated rings. The molecule has 12 nitrogen and oxygen atoms in total. The van der Waals surface area contributed by atoms with E-state index < -0.39 is 29.1 Å². The van der Waals surface area contributed by atoms with Gasteiger partial charge in [0.1, 0.15) is 27.8 Å². The molecule has 0 spiro atoms. The summed E-state index contributed by atoms with van der Waals surface area (Å²) >= 11 is 1.14. The Balaban J connectivity index is 1.24. The molecule has 46 heavy (non-hydrogen) atoms. The second-order valence-electron chi connectivity index (χ2n) is 11.7. The van der Waals surface area contributed by atoms with Crippen LogP contribution >= 0.6 is 11.3 Å². The standard InChI is InChI=1S/C32H33FN8O4S/c1-18-22(17-34-45-18)29(43)35-25-15-19(41-13-11-40(4)12-14-41)9-10-20(25)28(42)36-27-21-16-26(46-31(21)39-38-27)30(44)37-32(2,3)23-7-5-6-8-24(23)33/h5-10,15-17H,11-14H2,1-4H3,(H,35,43)(H,37,44)(H2,36,38,39,42). The predicted octanol–water partition coefficient (Wildman–Crippen LogP) is 4.98. The number of thiophene rings is 1. The summed E-state index contributed by atoms with van der Waals surface area (Å²) in [4.78, 5) is 45.3. The zero-order valence-corrected chi connectivity index (χ0v) is 26.5. The van der Waals surface area contributed by atoms with Crippen molar-refractivity contribution in [2.45, 2.75) is 26.3 Å². The first-order valence-electron chi connectivity index (χ1n) is 14.7. The SMILES string of the molecule is Cc1oncc1C(=O)Nc1cc(N2CCN(C)CC2)ccc1C(=O)Nc1[nH]nc2sc(C(=O)NC(C)(C)c3ccccc3F)cc12. The summed E-state index contributed by atoms with van der Waals surface area (Å²) in [5.74, 6) is -1.12. The van der Waals surface area contributed by atoms with Crippen LogP contribution in [0.3, 0.4) is 0 Å². The van der Waals surface area contributed by atoms with Gasteiger partial charge in [-0.3, -0.25) is 19.5 Å². The molecule has 3 aromatic heterocycles. The van der Waals surface area contributed by atoms with Crippen LogP contribution in [0.2, 0.25) is 0 Å². The molecule has 0 radical (unpaired) electrons. The third-order valence-corrected chi connectivity index (χ3v) is 9.07. The number of fused-ring (bicyclic) bond motifs is 1. The number of anilines is 3.